The van der Waals surface area contributed by atoms with E-state index in [4.69, 9.17) is 23.2 Å². The smallest absolute Gasteiger partial charge is 0.244 e. The van der Waals surface area contributed by atoms with Gasteiger partial charge in [-0.15, -0.1) is 0 Å². The van der Waals surface area contributed by atoms with Crippen molar-refractivity contribution in [2.75, 3.05) is 0 Å². The molecule has 2 rings (SSSR count). The third kappa shape index (κ3) is 4.33. The summed E-state index contributed by atoms with van der Waals surface area (Å²) >= 11 is 11.7. The zero-order valence-electron chi connectivity index (χ0n) is 10.4. The van der Waals surface area contributed by atoms with Crippen molar-refractivity contribution in [1.82, 2.24) is 10.4 Å². The number of halogens is 2. The Labute approximate surface area is 126 Å². The maximum absolute atomic E-state index is 11.7. The van der Waals surface area contributed by atoms with Crippen molar-refractivity contribution in [3.05, 3.63) is 63.9 Å². The van der Waals surface area contributed by atoms with Crippen molar-refractivity contribution >= 4 is 35.3 Å². The van der Waals surface area contributed by atoms with Gasteiger partial charge in [-0.1, -0.05) is 35.3 Å². The van der Waals surface area contributed by atoms with Gasteiger partial charge in [-0.05, 0) is 23.8 Å². The van der Waals surface area contributed by atoms with Crippen LogP contribution < -0.4 is 5.43 Å². The molecule has 1 amide bonds. The van der Waals surface area contributed by atoms with Crippen LogP contribution in [-0.4, -0.2) is 17.1 Å². The molecule has 0 bridgehead atoms. The Hall–Kier alpha value is -1.91. The Kier molecular flexibility index (Phi) is 5.09. The molecule has 20 heavy (non-hydrogen) atoms. The number of hydrogen-bond donors (Lipinski definition) is 1. The Balaban J connectivity index is 1.89. The van der Waals surface area contributed by atoms with Crippen molar-refractivity contribution in [1.29, 1.82) is 0 Å². The minimum absolute atomic E-state index is 0.182. The fourth-order valence-electron chi connectivity index (χ4n) is 1.51. The molecule has 0 spiro atoms. The molecule has 6 heteroatoms. The van der Waals surface area contributed by atoms with Crippen LogP contribution in [0, 0.1) is 0 Å². The maximum Gasteiger partial charge on any atom is 0.244 e. The van der Waals surface area contributed by atoms with Gasteiger partial charge in [0.15, 0.2) is 0 Å². The number of benzene rings is 1. The number of hydrazone groups is 1. The van der Waals surface area contributed by atoms with E-state index < -0.39 is 0 Å². The summed E-state index contributed by atoms with van der Waals surface area (Å²) in [5.74, 6) is -0.233. The lowest BCUT2D eigenvalue weighted by atomic mass is 10.1. The highest BCUT2D eigenvalue weighted by Crippen LogP contribution is 2.22. The Morgan fingerprint density at radius 1 is 1.30 bits per heavy atom. The molecule has 0 unspecified atom stereocenters. The predicted octanol–water partition coefficient (Wildman–Crippen LogP) is 3.08. The summed E-state index contributed by atoms with van der Waals surface area (Å²) < 4.78 is 0. The van der Waals surface area contributed by atoms with E-state index in [2.05, 4.69) is 15.5 Å². The highest BCUT2D eigenvalue weighted by Gasteiger charge is 2.04. The third-order valence-corrected chi connectivity index (χ3v) is 3.18. The molecule has 0 saturated carbocycles. The second-order valence-electron chi connectivity index (χ2n) is 4.00. The van der Waals surface area contributed by atoms with Crippen LogP contribution in [0.25, 0.3) is 0 Å². The molecule has 0 aliphatic rings. The molecule has 0 atom stereocenters. The summed E-state index contributed by atoms with van der Waals surface area (Å²) in [4.78, 5) is 15.6. The fourth-order valence-corrected chi connectivity index (χ4v) is 1.83. The summed E-state index contributed by atoms with van der Waals surface area (Å²) in [6.07, 6.45) is 5.02. The molecule has 1 aromatic carbocycles. The number of nitrogens with zero attached hydrogens (tertiary/aromatic N) is 2. The van der Waals surface area contributed by atoms with Gasteiger partial charge < -0.3 is 0 Å². The second kappa shape index (κ2) is 7.03. The minimum atomic E-state index is -0.233. The maximum atomic E-state index is 11.7. The van der Waals surface area contributed by atoms with E-state index in [-0.39, 0.29) is 12.3 Å². The molecule has 0 radical (unpaired) electrons. The lowest BCUT2D eigenvalue weighted by Gasteiger charge is -2.02. The Morgan fingerprint density at radius 3 is 2.85 bits per heavy atom. The number of aromatic nitrogens is 1. The van der Waals surface area contributed by atoms with Crippen molar-refractivity contribution in [2.24, 2.45) is 5.10 Å². The van der Waals surface area contributed by atoms with Gasteiger partial charge >= 0.3 is 0 Å². The van der Waals surface area contributed by atoms with Crippen molar-refractivity contribution in [2.45, 2.75) is 6.42 Å². The zero-order valence-corrected chi connectivity index (χ0v) is 11.9. The van der Waals surface area contributed by atoms with E-state index in [0.29, 0.717) is 10.0 Å². The number of carbonyl (C=O) groups is 1. The summed E-state index contributed by atoms with van der Waals surface area (Å²) in [7, 11) is 0. The van der Waals surface area contributed by atoms with Crippen LogP contribution in [0.3, 0.4) is 0 Å². The first-order valence-corrected chi connectivity index (χ1v) is 6.56. The van der Waals surface area contributed by atoms with Crippen molar-refractivity contribution in [3.63, 3.8) is 0 Å². The lowest BCUT2D eigenvalue weighted by Crippen LogP contribution is -2.19. The number of hydrogen-bond acceptors (Lipinski definition) is 3. The number of pyridine rings is 1. The molecular formula is C14H11Cl2N3O. The van der Waals surface area contributed by atoms with Crippen LogP contribution >= 0.6 is 23.2 Å². The third-order valence-electron chi connectivity index (χ3n) is 2.44. The summed E-state index contributed by atoms with van der Waals surface area (Å²) in [5, 5.41) is 4.74. The van der Waals surface area contributed by atoms with E-state index in [1.165, 1.54) is 6.21 Å². The SMILES string of the molecule is O=C(Cc1ccc(Cl)c(Cl)c1)N/N=C\c1cccnc1. The second-order valence-corrected chi connectivity index (χ2v) is 4.82. The minimum Gasteiger partial charge on any atom is -0.273 e. The van der Waals surface area contributed by atoms with Gasteiger partial charge in [-0.3, -0.25) is 9.78 Å². The van der Waals surface area contributed by atoms with Crippen LogP contribution in [0.5, 0.6) is 0 Å². The average molecular weight is 308 g/mol. The number of amides is 1. The average Bonchev–Trinajstić information content (AvgIpc) is 2.44. The molecule has 2 aromatic rings. The topological polar surface area (TPSA) is 54.4 Å². The molecule has 0 fully saturated rings. The molecule has 1 aromatic heterocycles. The van der Waals surface area contributed by atoms with Crippen molar-refractivity contribution < 1.29 is 4.79 Å². The highest BCUT2D eigenvalue weighted by atomic mass is 35.5. The highest BCUT2D eigenvalue weighted by molar-refractivity contribution is 6.42. The van der Waals surface area contributed by atoms with Crippen LogP contribution in [0.4, 0.5) is 0 Å². The van der Waals surface area contributed by atoms with Gasteiger partial charge in [-0.2, -0.15) is 5.10 Å². The largest absolute Gasteiger partial charge is 0.273 e. The Bertz CT molecular complexity index is 630. The molecule has 0 aliphatic heterocycles. The van der Waals surface area contributed by atoms with Crippen LogP contribution in [0.15, 0.2) is 47.8 Å². The van der Waals surface area contributed by atoms with Crippen LogP contribution in [0.1, 0.15) is 11.1 Å². The number of rotatable bonds is 4. The summed E-state index contributed by atoms with van der Waals surface area (Å²) in [5.41, 5.74) is 4.02. The van der Waals surface area contributed by atoms with Gasteiger partial charge in [-0.25, -0.2) is 5.43 Å². The molecule has 4 nitrogen and oxygen atoms in total. The Morgan fingerprint density at radius 2 is 2.15 bits per heavy atom. The quantitative estimate of drug-likeness (QED) is 0.697. The predicted molar refractivity (Wildman–Crippen MR) is 80.1 cm³/mol. The monoisotopic (exact) mass is 307 g/mol. The summed E-state index contributed by atoms with van der Waals surface area (Å²) in [6, 6.07) is 8.69. The molecule has 0 aliphatic carbocycles. The molecule has 1 heterocycles. The zero-order chi connectivity index (χ0) is 14.4. The van der Waals surface area contributed by atoms with Gasteiger partial charge in [0.2, 0.25) is 5.91 Å². The summed E-state index contributed by atoms with van der Waals surface area (Å²) in [6.45, 7) is 0. The molecule has 102 valence electrons. The fraction of sp³-hybridized carbons (Fsp3) is 0.0714. The van der Waals surface area contributed by atoms with E-state index in [0.717, 1.165) is 11.1 Å². The van der Waals surface area contributed by atoms with Gasteiger partial charge in [0.1, 0.15) is 0 Å². The van der Waals surface area contributed by atoms with Crippen molar-refractivity contribution in [3.8, 4) is 0 Å². The first-order valence-electron chi connectivity index (χ1n) is 5.81. The lowest BCUT2D eigenvalue weighted by molar-refractivity contribution is -0.120. The van der Waals surface area contributed by atoms with Gasteiger partial charge in [0.05, 0.1) is 22.7 Å². The molecule has 0 saturated heterocycles. The van der Waals surface area contributed by atoms with Gasteiger partial charge in [0, 0.05) is 18.0 Å². The first kappa shape index (κ1) is 14.5. The van der Waals surface area contributed by atoms with Gasteiger partial charge in [0.25, 0.3) is 0 Å². The van der Waals surface area contributed by atoms with Crippen LogP contribution in [0.2, 0.25) is 10.0 Å². The van der Waals surface area contributed by atoms with E-state index in [1.807, 2.05) is 6.07 Å². The van der Waals surface area contributed by atoms with E-state index in [1.54, 1.807) is 36.7 Å². The molecular weight excluding hydrogens is 297 g/mol. The number of nitrogens with one attached hydrogen (secondary N) is 1. The normalized spacial score (nSPS) is 10.7. The number of carbonyl (C=O) groups excluding carboxylic acids is 1. The standard InChI is InChI=1S/C14H11Cl2N3O/c15-12-4-3-10(6-13(12)16)7-14(20)19-18-9-11-2-1-5-17-8-11/h1-6,8-9H,7H2,(H,19,20)/b18-9-. The molecule has 1 N–H and O–H groups in total. The first-order chi connectivity index (χ1) is 9.65. The van der Waals surface area contributed by atoms with Crippen LogP contribution in [-0.2, 0) is 11.2 Å². The van der Waals surface area contributed by atoms with E-state index >= 15 is 0 Å². The van der Waals surface area contributed by atoms with E-state index in [9.17, 15) is 4.79 Å².